The van der Waals surface area contributed by atoms with Crippen molar-refractivity contribution < 1.29 is 9.47 Å². The van der Waals surface area contributed by atoms with E-state index in [1.807, 2.05) is 32.2 Å². The first-order valence-electron chi connectivity index (χ1n) is 6.93. The number of nitrogens with one attached hydrogen (secondary N) is 1. The topological polar surface area (TPSA) is 30.5 Å². The van der Waals surface area contributed by atoms with E-state index in [1.165, 1.54) is 5.56 Å². The van der Waals surface area contributed by atoms with Gasteiger partial charge in [-0.05, 0) is 32.2 Å². The van der Waals surface area contributed by atoms with Crippen LogP contribution in [0.3, 0.4) is 0 Å². The minimum Gasteiger partial charge on any atom is -0.487 e. The Morgan fingerprint density at radius 1 is 1.42 bits per heavy atom. The maximum absolute atomic E-state index is 6.24. The molecule has 1 aliphatic heterocycles. The van der Waals surface area contributed by atoms with E-state index in [1.54, 1.807) is 0 Å². The fourth-order valence-corrected chi connectivity index (χ4v) is 3.45. The molecule has 3 nitrogen and oxygen atoms in total. The van der Waals surface area contributed by atoms with Crippen LogP contribution in [0.25, 0.3) is 0 Å². The van der Waals surface area contributed by atoms with Gasteiger partial charge >= 0.3 is 0 Å². The molecule has 0 amide bonds. The maximum Gasteiger partial charge on any atom is 0.125 e. The highest BCUT2D eigenvalue weighted by Gasteiger charge is 2.51. The lowest BCUT2D eigenvalue weighted by Crippen LogP contribution is -2.56. The van der Waals surface area contributed by atoms with Crippen LogP contribution in [-0.2, 0) is 4.74 Å². The molecule has 0 saturated heterocycles. The maximum atomic E-state index is 6.24. The van der Waals surface area contributed by atoms with Gasteiger partial charge in [-0.3, -0.25) is 0 Å². The van der Waals surface area contributed by atoms with E-state index in [-0.39, 0.29) is 5.60 Å². The average molecular weight is 282 g/mol. The minimum absolute atomic E-state index is 0.0473. The highest BCUT2D eigenvalue weighted by Crippen LogP contribution is 2.50. The SMILES string of the molecule is CCOC1CC2(C1)CC(NC)c1cc(Cl)ccc1O2. The molecule has 0 bridgehead atoms. The van der Waals surface area contributed by atoms with Gasteiger partial charge in [-0.15, -0.1) is 0 Å². The summed E-state index contributed by atoms with van der Waals surface area (Å²) >= 11 is 6.08. The van der Waals surface area contributed by atoms with E-state index < -0.39 is 0 Å². The van der Waals surface area contributed by atoms with E-state index >= 15 is 0 Å². The molecule has 1 spiro atoms. The van der Waals surface area contributed by atoms with E-state index in [2.05, 4.69) is 5.32 Å². The third kappa shape index (κ3) is 2.35. The van der Waals surface area contributed by atoms with Gasteiger partial charge in [0.15, 0.2) is 0 Å². The van der Waals surface area contributed by atoms with Gasteiger partial charge in [0, 0.05) is 42.5 Å². The summed E-state index contributed by atoms with van der Waals surface area (Å²) in [5.74, 6) is 0.963. The molecule has 1 atom stereocenters. The summed E-state index contributed by atoms with van der Waals surface area (Å²) in [5.41, 5.74) is 1.12. The van der Waals surface area contributed by atoms with Crippen LogP contribution in [0.2, 0.25) is 5.02 Å². The molecule has 1 aliphatic carbocycles. The normalized spacial score (nSPS) is 32.6. The predicted octanol–water partition coefficient (Wildman–Crippen LogP) is 3.32. The first kappa shape index (κ1) is 13.2. The van der Waals surface area contributed by atoms with Crippen LogP contribution in [0.1, 0.15) is 37.8 Å². The van der Waals surface area contributed by atoms with Gasteiger partial charge in [0.2, 0.25) is 0 Å². The Balaban J connectivity index is 1.81. The molecule has 1 heterocycles. The minimum atomic E-state index is -0.0473. The molecular weight excluding hydrogens is 262 g/mol. The number of rotatable bonds is 3. The Morgan fingerprint density at radius 3 is 2.89 bits per heavy atom. The van der Waals surface area contributed by atoms with Crippen molar-refractivity contribution in [2.75, 3.05) is 13.7 Å². The molecule has 1 aromatic carbocycles. The summed E-state index contributed by atoms with van der Waals surface area (Å²) < 4.78 is 11.9. The highest BCUT2D eigenvalue weighted by molar-refractivity contribution is 6.30. The molecule has 3 rings (SSSR count). The fourth-order valence-electron chi connectivity index (χ4n) is 3.27. The Kier molecular flexibility index (Phi) is 3.46. The van der Waals surface area contributed by atoms with E-state index in [4.69, 9.17) is 21.1 Å². The number of ether oxygens (including phenoxy) is 2. The van der Waals surface area contributed by atoms with Crippen molar-refractivity contribution in [2.45, 2.75) is 43.9 Å². The molecule has 1 saturated carbocycles. The number of halogens is 1. The Hall–Kier alpha value is -0.770. The molecule has 1 N–H and O–H groups in total. The van der Waals surface area contributed by atoms with Crippen LogP contribution in [0, 0.1) is 0 Å². The van der Waals surface area contributed by atoms with E-state index in [0.29, 0.717) is 12.1 Å². The second-order valence-electron chi connectivity index (χ2n) is 5.50. The van der Waals surface area contributed by atoms with Crippen LogP contribution in [0.5, 0.6) is 5.75 Å². The van der Waals surface area contributed by atoms with Gasteiger partial charge in [0.05, 0.1) is 6.10 Å². The summed E-state index contributed by atoms with van der Waals surface area (Å²) in [4.78, 5) is 0. The van der Waals surface area contributed by atoms with Crippen LogP contribution in [-0.4, -0.2) is 25.4 Å². The van der Waals surface area contributed by atoms with Gasteiger partial charge < -0.3 is 14.8 Å². The number of hydrogen-bond acceptors (Lipinski definition) is 3. The standard InChI is InChI=1S/C15H20ClNO2/c1-3-18-11-7-15(8-11)9-13(17-2)12-6-10(16)4-5-14(12)19-15/h4-6,11,13,17H,3,7-9H2,1-2H3. The molecule has 1 aromatic rings. The van der Waals surface area contributed by atoms with Crippen molar-refractivity contribution in [3.63, 3.8) is 0 Å². The zero-order chi connectivity index (χ0) is 13.5. The molecular formula is C15H20ClNO2. The molecule has 1 fully saturated rings. The first-order valence-corrected chi connectivity index (χ1v) is 7.31. The number of benzene rings is 1. The highest BCUT2D eigenvalue weighted by atomic mass is 35.5. The van der Waals surface area contributed by atoms with Gasteiger partial charge in [-0.25, -0.2) is 0 Å². The van der Waals surface area contributed by atoms with Crippen LogP contribution >= 0.6 is 11.6 Å². The van der Waals surface area contributed by atoms with E-state index in [0.717, 1.165) is 36.6 Å². The molecule has 19 heavy (non-hydrogen) atoms. The van der Waals surface area contributed by atoms with Gasteiger partial charge in [-0.2, -0.15) is 0 Å². The number of fused-ring (bicyclic) bond motifs is 1. The van der Waals surface area contributed by atoms with Crippen molar-refractivity contribution >= 4 is 11.6 Å². The zero-order valence-corrected chi connectivity index (χ0v) is 12.2. The van der Waals surface area contributed by atoms with E-state index in [9.17, 15) is 0 Å². The lowest BCUT2D eigenvalue weighted by molar-refractivity contribution is -0.135. The largest absolute Gasteiger partial charge is 0.487 e. The third-order valence-corrected chi connectivity index (χ3v) is 4.44. The average Bonchev–Trinajstić information content (AvgIpc) is 2.37. The predicted molar refractivity (Wildman–Crippen MR) is 75.9 cm³/mol. The summed E-state index contributed by atoms with van der Waals surface area (Å²) in [7, 11) is 1.99. The fraction of sp³-hybridized carbons (Fsp3) is 0.600. The van der Waals surface area contributed by atoms with Crippen LogP contribution < -0.4 is 10.1 Å². The molecule has 4 heteroatoms. The van der Waals surface area contributed by atoms with Gasteiger partial charge in [-0.1, -0.05) is 11.6 Å². The molecule has 0 radical (unpaired) electrons. The zero-order valence-electron chi connectivity index (χ0n) is 11.4. The van der Waals surface area contributed by atoms with Crippen LogP contribution in [0.4, 0.5) is 0 Å². The third-order valence-electron chi connectivity index (χ3n) is 4.20. The number of hydrogen-bond donors (Lipinski definition) is 1. The van der Waals surface area contributed by atoms with Crippen molar-refractivity contribution in [1.29, 1.82) is 0 Å². The van der Waals surface area contributed by atoms with Gasteiger partial charge in [0.1, 0.15) is 11.4 Å². The second kappa shape index (κ2) is 4.97. The van der Waals surface area contributed by atoms with Crippen LogP contribution in [0.15, 0.2) is 18.2 Å². The van der Waals surface area contributed by atoms with Crippen molar-refractivity contribution in [2.24, 2.45) is 0 Å². The van der Waals surface area contributed by atoms with Crippen molar-refractivity contribution in [3.05, 3.63) is 28.8 Å². The summed E-state index contributed by atoms with van der Waals surface area (Å²) in [6.07, 6.45) is 3.32. The Morgan fingerprint density at radius 2 is 2.21 bits per heavy atom. The quantitative estimate of drug-likeness (QED) is 0.922. The van der Waals surface area contributed by atoms with Crippen molar-refractivity contribution in [1.82, 2.24) is 5.32 Å². The van der Waals surface area contributed by atoms with Gasteiger partial charge in [0.25, 0.3) is 0 Å². The Bertz CT molecular complexity index is 471. The second-order valence-corrected chi connectivity index (χ2v) is 5.93. The summed E-state index contributed by atoms with van der Waals surface area (Å²) in [5, 5.41) is 4.14. The molecule has 104 valence electrons. The monoisotopic (exact) mass is 281 g/mol. The lowest BCUT2D eigenvalue weighted by Gasteiger charge is -2.51. The smallest absolute Gasteiger partial charge is 0.125 e. The Labute approximate surface area is 119 Å². The molecule has 1 unspecified atom stereocenters. The summed E-state index contributed by atoms with van der Waals surface area (Å²) in [6.45, 7) is 2.82. The first-order chi connectivity index (χ1) is 9.15. The lowest BCUT2D eigenvalue weighted by atomic mass is 9.71. The van der Waals surface area contributed by atoms with Crippen molar-refractivity contribution in [3.8, 4) is 5.75 Å². The summed E-state index contributed by atoms with van der Waals surface area (Å²) in [6, 6.07) is 6.19. The molecule has 0 aromatic heterocycles. The molecule has 2 aliphatic rings.